The Morgan fingerprint density at radius 1 is 1.00 bits per heavy atom. The lowest BCUT2D eigenvalue weighted by Gasteiger charge is -2.05. The van der Waals surface area contributed by atoms with Crippen LogP contribution in [0.4, 0.5) is 11.4 Å². The fraction of sp³-hybridized carbons (Fsp3) is 0.250. The van der Waals surface area contributed by atoms with Gasteiger partial charge in [0, 0.05) is 17.6 Å². The van der Waals surface area contributed by atoms with E-state index in [9.17, 15) is 14.7 Å². The molecule has 162 valence electrons. The lowest BCUT2D eigenvalue weighted by Crippen LogP contribution is -2.07. The van der Waals surface area contributed by atoms with Gasteiger partial charge in [0.2, 0.25) is 0 Å². The molecular weight excluding hydrogens is 396 g/mol. The van der Waals surface area contributed by atoms with Crippen LogP contribution in [0.1, 0.15) is 30.9 Å². The first-order valence-electron chi connectivity index (χ1n) is 9.82. The number of azo groups is 1. The zero-order valence-electron chi connectivity index (χ0n) is 17.5. The molecule has 0 bridgehead atoms. The van der Waals surface area contributed by atoms with Gasteiger partial charge in [0.15, 0.2) is 0 Å². The van der Waals surface area contributed by atoms with Gasteiger partial charge in [0.1, 0.15) is 11.4 Å². The number of carboxylic acid groups (broad SMARTS) is 1. The second-order valence-electron chi connectivity index (χ2n) is 7.12. The van der Waals surface area contributed by atoms with Crippen LogP contribution in [0.3, 0.4) is 0 Å². The summed E-state index contributed by atoms with van der Waals surface area (Å²) >= 11 is 0. The second kappa shape index (κ2) is 11.4. The van der Waals surface area contributed by atoms with E-state index in [0.717, 1.165) is 11.1 Å². The summed E-state index contributed by atoms with van der Waals surface area (Å²) in [7, 11) is 0. The molecular formula is C24H26N2O5. The predicted molar refractivity (Wildman–Crippen MR) is 118 cm³/mol. The van der Waals surface area contributed by atoms with Crippen LogP contribution in [0.25, 0.3) is 0 Å². The summed E-state index contributed by atoms with van der Waals surface area (Å²) in [6, 6.07) is 12.4. The number of nitrogens with zero attached hydrogens (tertiary/aromatic N) is 2. The summed E-state index contributed by atoms with van der Waals surface area (Å²) in [4.78, 5) is 22.2. The third kappa shape index (κ3) is 7.89. The Hall–Kier alpha value is -3.74. The van der Waals surface area contributed by atoms with Crippen LogP contribution in [0.2, 0.25) is 0 Å². The van der Waals surface area contributed by atoms with Gasteiger partial charge in [-0.1, -0.05) is 31.4 Å². The first-order chi connectivity index (χ1) is 14.8. The van der Waals surface area contributed by atoms with Crippen LogP contribution in [0.5, 0.6) is 5.75 Å². The molecule has 0 saturated heterocycles. The fourth-order valence-corrected chi connectivity index (χ4v) is 2.64. The van der Waals surface area contributed by atoms with Gasteiger partial charge in [-0.25, -0.2) is 9.59 Å². The Morgan fingerprint density at radius 2 is 1.68 bits per heavy atom. The van der Waals surface area contributed by atoms with Gasteiger partial charge in [-0.05, 0) is 61.6 Å². The number of aryl methyl sites for hydroxylation is 1. The molecule has 0 amide bonds. The molecule has 0 aliphatic heterocycles. The largest absolute Gasteiger partial charge is 0.506 e. The average molecular weight is 422 g/mol. The molecule has 0 unspecified atom stereocenters. The van der Waals surface area contributed by atoms with Crippen molar-refractivity contribution in [2.45, 2.75) is 32.6 Å². The normalized spacial score (nSPS) is 10.7. The molecule has 7 nitrogen and oxygen atoms in total. The van der Waals surface area contributed by atoms with Crippen molar-refractivity contribution in [2.24, 2.45) is 10.2 Å². The van der Waals surface area contributed by atoms with E-state index >= 15 is 0 Å². The maximum absolute atomic E-state index is 11.4. The van der Waals surface area contributed by atoms with E-state index in [2.05, 4.69) is 23.4 Å². The number of rotatable bonds is 11. The standard InChI is InChI=1S/C24H26N2O5/c1-16(2)24(30)31-14-13-18-7-10-20(11-8-18)25-26-21-15-19(9-12-22(21)27)6-4-5-17(3)23(28)29/h7-12,15,27H,1,3-6,13-14H2,2H3,(H,28,29). The van der Waals surface area contributed by atoms with E-state index in [1.54, 1.807) is 37.3 Å². The van der Waals surface area contributed by atoms with Crippen molar-refractivity contribution in [2.75, 3.05) is 6.61 Å². The summed E-state index contributed by atoms with van der Waals surface area (Å²) in [5, 5.41) is 27.2. The van der Waals surface area contributed by atoms with Gasteiger partial charge < -0.3 is 14.9 Å². The number of hydrogen-bond acceptors (Lipinski definition) is 6. The number of phenols is 1. The predicted octanol–water partition coefficient (Wildman–Crippen LogP) is 5.43. The Labute approximate surface area is 181 Å². The van der Waals surface area contributed by atoms with Crippen molar-refractivity contribution < 1.29 is 24.5 Å². The average Bonchev–Trinajstić information content (AvgIpc) is 2.74. The van der Waals surface area contributed by atoms with Gasteiger partial charge in [-0.2, -0.15) is 5.11 Å². The third-order valence-electron chi connectivity index (χ3n) is 4.47. The van der Waals surface area contributed by atoms with E-state index in [4.69, 9.17) is 9.84 Å². The van der Waals surface area contributed by atoms with Crippen molar-refractivity contribution in [3.05, 3.63) is 77.9 Å². The number of carbonyl (C=O) groups is 2. The highest BCUT2D eigenvalue weighted by atomic mass is 16.5. The molecule has 0 atom stereocenters. The molecule has 0 spiro atoms. The molecule has 2 aromatic carbocycles. The molecule has 0 aromatic heterocycles. The first-order valence-corrected chi connectivity index (χ1v) is 9.82. The Kier molecular flexibility index (Phi) is 8.69. The fourth-order valence-electron chi connectivity index (χ4n) is 2.64. The number of aliphatic carboxylic acids is 1. The van der Waals surface area contributed by atoms with E-state index in [0.29, 0.717) is 42.6 Å². The van der Waals surface area contributed by atoms with Crippen LogP contribution < -0.4 is 0 Å². The minimum Gasteiger partial charge on any atom is -0.506 e. The van der Waals surface area contributed by atoms with Gasteiger partial charge >= 0.3 is 11.9 Å². The number of ether oxygens (including phenoxy) is 1. The number of hydrogen-bond donors (Lipinski definition) is 2. The Bertz CT molecular complexity index is 994. The zero-order chi connectivity index (χ0) is 22.8. The maximum atomic E-state index is 11.4. The Morgan fingerprint density at radius 3 is 2.32 bits per heavy atom. The second-order valence-corrected chi connectivity index (χ2v) is 7.12. The molecule has 0 aliphatic rings. The molecule has 0 radical (unpaired) electrons. The van der Waals surface area contributed by atoms with Gasteiger partial charge in [-0.3, -0.25) is 0 Å². The highest BCUT2D eigenvalue weighted by Gasteiger charge is 2.06. The SMILES string of the molecule is C=C(C)C(=O)OCCc1ccc(N=Nc2cc(CCCC(=C)C(=O)O)ccc2O)cc1. The third-order valence-corrected chi connectivity index (χ3v) is 4.47. The van der Waals surface area contributed by atoms with Crippen LogP contribution >= 0.6 is 0 Å². The van der Waals surface area contributed by atoms with Crippen molar-refractivity contribution >= 4 is 23.3 Å². The summed E-state index contributed by atoms with van der Waals surface area (Å²) in [6.07, 6.45) is 2.24. The Balaban J connectivity index is 1.93. The van der Waals surface area contributed by atoms with Gasteiger partial charge in [0.05, 0.1) is 12.3 Å². The number of carboxylic acids is 1. The molecule has 0 fully saturated rings. The summed E-state index contributed by atoms with van der Waals surface area (Å²) in [5.41, 5.74) is 3.41. The number of carbonyl (C=O) groups excluding carboxylic acids is 1. The lowest BCUT2D eigenvalue weighted by atomic mass is 10.0. The van der Waals surface area contributed by atoms with Crippen LogP contribution in [0, 0.1) is 0 Å². The van der Waals surface area contributed by atoms with Crippen molar-refractivity contribution in [1.82, 2.24) is 0 Å². The van der Waals surface area contributed by atoms with E-state index in [1.807, 2.05) is 12.1 Å². The summed E-state index contributed by atoms with van der Waals surface area (Å²) in [6.45, 7) is 8.93. The highest BCUT2D eigenvalue weighted by molar-refractivity contribution is 5.87. The van der Waals surface area contributed by atoms with Crippen LogP contribution in [-0.2, 0) is 27.2 Å². The number of benzene rings is 2. The van der Waals surface area contributed by atoms with Crippen molar-refractivity contribution in [3.8, 4) is 5.75 Å². The highest BCUT2D eigenvalue weighted by Crippen LogP contribution is 2.30. The first kappa shape index (κ1) is 23.5. The van der Waals surface area contributed by atoms with E-state index < -0.39 is 11.9 Å². The minimum atomic E-state index is -0.987. The molecule has 0 heterocycles. The van der Waals surface area contributed by atoms with Crippen molar-refractivity contribution in [1.29, 1.82) is 0 Å². The zero-order valence-corrected chi connectivity index (χ0v) is 17.5. The number of aromatic hydroxyl groups is 1. The van der Waals surface area contributed by atoms with Crippen LogP contribution in [-0.4, -0.2) is 28.8 Å². The summed E-state index contributed by atoms with van der Waals surface area (Å²) in [5.74, 6) is -1.38. The summed E-state index contributed by atoms with van der Waals surface area (Å²) < 4.78 is 5.08. The monoisotopic (exact) mass is 422 g/mol. The maximum Gasteiger partial charge on any atom is 0.333 e. The molecule has 2 rings (SSSR count). The smallest absolute Gasteiger partial charge is 0.333 e. The minimum absolute atomic E-state index is 0.0124. The quantitative estimate of drug-likeness (QED) is 0.285. The molecule has 7 heteroatoms. The van der Waals surface area contributed by atoms with Gasteiger partial charge in [0.25, 0.3) is 0 Å². The number of esters is 1. The molecule has 2 aromatic rings. The van der Waals surface area contributed by atoms with Gasteiger partial charge in [-0.15, -0.1) is 5.11 Å². The molecule has 31 heavy (non-hydrogen) atoms. The number of phenolic OH excluding ortho intramolecular Hbond substituents is 1. The topological polar surface area (TPSA) is 109 Å². The molecule has 0 aliphatic carbocycles. The molecule has 0 saturated carbocycles. The molecule has 2 N–H and O–H groups in total. The van der Waals surface area contributed by atoms with Crippen molar-refractivity contribution in [3.63, 3.8) is 0 Å². The van der Waals surface area contributed by atoms with E-state index in [1.165, 1.54) is 0 Å². The van der Waals surface area contributed by atoms with E-state index in [-0.39, 0.29) is 17.9 Å². The van der Waals surface area contributed by atoms with Crippen LogP contribution in [0.15, 0.2) is 77.0 Å². The lowest BCUT2D eigenvalue weighted by molar-refractivity contribution is -0.138.